The molecule has 7 nitrogen and oxygen atoms in total. The lowest BCUT2D eigenvalue weighted by molar-refractivity contribution is 0.0322. The highest BCUT2D eigenvalue weighted by atomic mass is 16.5. The fraction of sp³-hybridized carbons (Fsp3) is 0.304. The summed E-state index contributed by atoms with van der Waals surface area (Å²) in [5.41, 5.74) is 2.90. The number of hydrogen-bond donors (Lipinski definition) is 1. The number of aromatic nitrogens is 2. The number of nitrogens with one attached hydrogen (secondary N) is 1. The van der Waals surface area contributed by atoms with E-state index in [-0.39, 0.29) is 0 Å². The summed E-state index contributed by atoms with van der Waals surface area (Å²) in [7, 11) is 1.66. The Labute approximate surface area is 176 Å². The van der Waals surface area contributed by atoms with E-state index in [0.717, 1.165) is 61.2 Å². The van der Waals surface area contributed by atoms with Crippen molar-refractivity contribution in [3.8, 4) is 22.6 Å². The number of morpholine rings is 1. The van der Waals surface area contributed by atoms with E-state index >= 15 is 0 Å². The van der Waals surface area contributed by atoms with Crippen molar-refractivity contribution in [2.45, 2.75) is 0 Å². The molecular formula is C23H26N4O3. The maximum Gasteiger partial charge on any atom is 0.227 e. The molecule has 0 atom stereocenters. The maximum atomic E-state index is 5.84. The number of ether oxygens (including phenoxy) is 3. The Balaban J connectivity index is 1.28. The number of rotatable bonds is 8. The second-order valence-electron chi connectivity index (χ2n) is 6.98. The lowest BCUT2D eigenvalue weighted by Crippen LogP contribution is -2.38. The first-order valence-corrected chi connectivity index (χ1v) is 10.1. The van der Waals surface area contributed by atoms with Gasteiger partial charge in [-0.15, -0.1) is 0 Å². The van der Waals surface area contributed by atoms with Gasteiger partial charge in [0.2, 0.25) is 5.95 Å². The maximum absolute atomic E-state index is 5.84. The van der Waals surface area contributed by atoms with Crippen molar-refractivity contribution in [3.05, 3.63) is 60.9 Å². The van der Waals surface area contributed by atoms with Gasteiger partial charge in [0.1, 0.15) is 18.1 Å². The van der Waals surface area contributed by atoms with Gasteiger partial charge in [-0.3, -0.25) is 4.90 Å². The lowest BCUT2D eigenvalue weighted by Gasteiger charge is -2.26. The van der Waals surface area contributed by atoms with Gasteiger partial charge in [0, 0.05) is 43.3 Å². The third-order valence-electron chi connectivity index (χ3n) is 4.97. The van der Waals surface area contributed by atoms with Gasteiger partial charge in [0.25, 0.3) is 0 Å². The second kappa shape index (κ2) is 10.0. The zero-order valence-electron chi connectivity index (χ0n) is 17.1. The standard InChI is InChI=1S/C23H26N4O3/c1-28-21-6-2-18(3-7-21)19-16-24-23(25-17-19)26-20-4-8-22(9-5-20)30-15-12-27-10-13-29-14-11-27/h2-9,16-17H,10-15H2,1H3,(H,24,25,26). The summed E-state index contributed by atoms with van der Waals surface area (Å²) in [6.07, 6.45) is 3.61. The summed E-state index contributed by atoms with van der Waals surface area (Å²) in [5, 5.41) is 3.22. The Bertz CT molecular complexity index is 909. The van der Waals surface area contributed by atoms with Crippen LogP contribution in [-0.2, 0) is 4.74 Å². The van der Waals surface area contributed by atoms with E-state index in [1.807, 2.05) is 48.5 Å². The Kier molecular flexibility index (Phi) is 6.74. The van der Waals surface area contributed by atoms with Crippen molar-refractivity contribution in [1.82, 2.24) is 14.9 Å². The summed E-state index contributed by atoms with van der Waals surface area (Å²) in [6, 6.07) is 15.7. The van der Waals surface area contributed by atoms with Gasteiger partial charge in [0.05, 0.1) is 20.3 Å². The van der Waals surface area contributed by atoms with E-state index in [0.29, 0.717) is 12.6 Å². The van der Waals surface area contributed by atoms with Crippen LogP contribution in [0.15, 0.2) is 60.9 Å². The highest BCUT2D eigenvalue weighted by Crippen LogP contribution is 2.23. The molecular weight excluding hydrogens is 380 g/mol. The van der Waals surface area contributed by atoms with Gasteiger partial charge in [-0.1, -0.05) is 12.1 Å². The minimum Gasteiger partial charge on any atom is -0.497 e. The molecule has 0 radical (unpaired) electrons. The number of anilines is 2. The Morgan fingerprint density at radius 3 is 2.23 bits per heavy atom. The molecule has 0 amide bonds. The molecule has 156 valence electrons. The lowest BCUT2D eigenvalue weighted by atomic mass is 10.1. The fourth-order valence-corrected chi connectivity index (χ4v) is 3.21. The van der Waals surface area contributed by atoms with Crippen LogP contribution < -0.4 is 14.8 Å². The average molecular weight is 406 g/mol. The molecule has 4 rings (SSSR count). The molecule has 1 aliphatic rings. The largest absolute Gasteiger partial charge is 0.497 e. The molecule has 1 aromatic heterocycles. The van der Waals surface area contributed by atoms with Crippen LogP contribution in [0.2, 0.25) is 0 Å². The highest BCUT2D eigenvalue weighted by Gasteiger charge is 2.09. The van der Waals surface area contributed by atoms with E-state index in [2.05, 4.69) is 20.2 Å². The smallest absolute Gasteiger partial charge is 0.227 e. The van der Waals surface area contributed by atoms with Crippen LogP contribution in [0.3, 0.4) is 0 Å². The average Bonchev–Trinajstić information content (AvgIpc) is 2.81. The Hall–Kier alpha value is -3.16. The van der Waals surface area contributed by atoms with Crippen LogP contribution in [0.1, 0.15) is 0 Å². The molecule has 1 saturated heterocycles. The van der Waals surface area contributed by atoms with Crippen molar-refractivity contribution < 1.29 is 14.2 Å². The first kappa shape index (κ1) is 20.1. The van der Waals surface area contributed by atoms with Gasteiger partial charge in [-0.2, -0.15) is 0 Å². The third-order valence-corrected chi connectivity index (χ3v) is 4.97. The quantitative estimate of drug-likeness (QED) is 0.613. The first-order chi connectivity index (χ1) is 14.8. The van der Waals surface area contributed by atoms with Crippen LogP contribution in [0.5, 0.6) is 11.5 Å². The predicted octanol–water partition coefficient (Wildman–Crippen LogP) is 3.61. The molecule has 0 bridgehead atoms. The van der Waals surface area contributed by atoms with Crippen molar-refractivity contribution >= 4 is 11.6 Å². The van der Waals surface area contributed by atoms with Crippen molar-refractivity contribution in [3.63, 3.8) is 0 Å². The van der Waals surface area contributed by atoms with E-state index in [9.17, 15) is 0 Å². The SMILES string of the molecule is COc1ccc(-c2cnc(Nc3ccc(OCCN4CCOCC4)cc3)nc2)cc1. The molecule has 0 spiro atoms. The number of methoxy groups -OCH3 is 1. The number of nitrogens with zero attached hydrogens (tertiary/aromatic N) is 3. The van der Waals surface area contributed by atoms with Gasteiger partial charge < -0.3 is 19.5 Å². The second-order valence-corrected chi connectivity index (χ2v) is 6.98. The topological polar surface area (TPSA) is 68.7 Å². The number of benzene rings is 2. The molecule has 1 N–H and O–H groups in total. The molecule has 7 heteroatoms. The van der Waals surface area contributed by atoms with E-state index in [1.54, 1.807) is 19.5 Å². The van der Waals surface area contributed by atoms with Gasteiger partial charge in [-0.25, -0.2) is 9.97 Å². The molecule has 2 heterocycles. The van der Waals surface area contributed by atoms with Gasteiger partial charge in [-0.05, 0) is 42.0 Å². The molecule has 1 aliphatic heterocycles. The summed E-state index contributed by atoms with van der Waals surface area (Å²) in [4.78, 5) is 11.2. The fourth-order valence-electron chi connectivity index (χ4n) is 3.21. The zero-order valence-corrected chi connectivity index (χ0v) is 17.1. The van der Waals surface area contributed by atoms with E-state index in [4.69, 9.17) is 14.2 Å². The zero-order chi connectivity index (χ0) is 20.6. The van der Waals surface area contributed by atoms with Gasteiger partial charge in [0.15, 0.2) is 0 Å². The van der Waals surface area contributed by atoms with Crippen LogP contribution >= 0.6 is 0 Å². The third kappa shape index (κ3) is 5.46. The first-order valence-electron chi connectivity index (χ1n) is 10.1. The summed E-state index contributed by atoms with van der Waals surface area (Å²) in [5.74, 6) is 2.23. The van der Waals surface area contributed by atoms with Crippen molar-refractivity contribution in [1.29, 1.82) is 0 Å². The van der Waals surface area contributed by atoms with E-state index in [1.165, 1.54) is 0 Å². The summed E-state index contributed by atoms with van der Waals surface area (Å²) in [6.45, 7) is 5.15. The molecule has 0 aliphatic carbocycles. The normalized spacial score (nSPS) is 14.3. The molecule has 0 unspecified atom stereocenters. The monoisotopic (exact) mass is 406 g/mol. The summed E-state index contributed by atoms with van der Waals surface area (Å²) >= 11 is 0. The highest BCUT2D eigenvalue weighted by molar-refractivity contribution is 5.63. The Morgan fingerprint density at radius 2 is 1.57 bits per heavy atom. The van der Waals surface area contributed by atoms with Crippen LogP contribution in [-0.4, -0.2) is 61.4 Å². The molecule has 2 aromatic carbocycles. The summed E-state index contributed by atoms with van der Waals surface area (Å²) < 4.78 is 16.4. The predicted molar refractivity (Wildman–Crippen MR) is 116 cm³/mol. The molecule has 30 heavy (non-hydrogen) atoms. The van der Waals surface area contributed by atoms with Crippen molar-refractivity contribution in [2.75, 3.05) is 51.9 Å². The van der Waals surface area contributed by atoms with E-state index < -0.39 is 0 Å². The minimum atomic E-state index is 0.549. The molecule has 0 saturated carbocycles. The Morgan fingerprint density at radius 1 is 0.900 bits per heavy atom. The molecule has 3 aromatic rings. The minimum absolute atomic E-state index is 0.549. The van der Waals surface area contributed by atoms with Crippen molar-refractivity contribution in [2.24, 2.45) is 0 Å². The molecule has 1 fully saturated rings. The van der Waals surface area contributed by atoms with Crippen LogP contribution in [0.4, 0.5) is 11.6 Å². The number of hydrogen-bond acceptors (Lipinski definition) is 7. The van der Waals surface area contributed by atoms with Crippen LogP contribution in [0.25, 0.3) is 11.1 Å². The van der Waals surface area contributed by atoms with Crippen LogP contribution in [0, 0.1) is 0 Å². The van der Waals surface area contributed by atoms with Gasteiger partial charge >= 0.3 is 0 Å².